The van der Waals surface area contributed by atoms with Crippen molar-refractivity contribution < 1.29 is 41.0 Å². The topological polar surface area (TPSA) is 134 Å². The minimum atomic E-state index is -4.65. The number of nitrogens with one attached hydrogen (secondary N) is 1. The van der Waals surface area contributed by atoms with Crippen molar-refractivity contribution in [2.45, 2.75) is 121 Å². The third kappa shape index (κ3) is 7.64. The number of aromatic nitrogens is 2. The first kappa shape index (κ1) is 40.4. The van der Waals surface area contributed by atoms with Crippen molar-refractivity contribution in [1.29, 1.82) is 0 Å². The second-order valence-electron chi connectivity index (χ2n) is 17.5. The number of aliphatic hydroxyl groups is 1. The van der Waals surface area contributed by atoms with Crippen molar-refractivity contribution in [1.82, 2.24) is 24.3 Å². The summed E-state index contributed by atoms with van der Waals surface area (Å²) in [6.07, 6.45) is 15.7. The van der Waals surface area contributed by atoms with Gasteiger partial charge in [-0.15, -0.1) is 0 Å². The first-order chi connectivity index (χ1) is 27.4. The minimum absolute atomic E-state index is 0.0598. The van der Waals surface area contributed by atoms with Crippen LogP contribution in [0.1, 0.15) is 101 Å². The Hall–Kier alpha value is -4.37. The van der Waals surface area contributed by atoms with E-state index in [2.05, 4.69) is 14.7 Å². The Morgan fingerprint density at radius 2 is 1.84 bits per heavy atom. The van der Waals surface area contributed by atoms with Crippen LogP contribution in [0, 0.1) is 11.8 Å². The number of piperidine rings is 1. The number of nitrogens with zero attached hydrogens (tertiary/aromatic N) is 4. The number of carbonyl (C=O) groups excluding carboxylic acids is 2. The maximum absolute atomic E-state index is 14.8. The molecule has 1 aromatic rings. The molecular weight excluding hydrogens is 772 g/mol. The highest BCUT2D eigenvalue weighted by molar-refractivity contribution is 7.90. The highest BCUT2D eigenvalue weighted by Gasteiger charge is 2.46. The van der Waals surface area contributed by atoms with E-state index in [0.717, 1.165) is 71.2 Å². The molecule has 8 aliphatic rings. The maximum Gasteiger partial charge on any atom is 0.408 e. The van der Waals surface area contributed by atoms with Crippen LogP contribution in [0.15, 0.2) is 82.0 Å². The third-order valence-electron chi connectivity index (χ3n) is 12.9. The van der Waals surface area contributed by atoms with Gasteiger partial charge in [-0.25, -0.2) is 13.1 Å². The maximum atomic E-state index is 14.8. The van der Waals surface area contributed by atoms with E-state index in [1.54, 1.807) is 31.1 Å². The van der Waals surface area contributed by atoms with E-state index < -0.39 is 51.5 Å². The molecule has 2 bridgehead atoms. The van der Waals surface area contributed by atoms with Gasteiger partial charge in [0.15, 0.2) is 0 Å². The van der Waals surface area contributed by atoms with Crippen LogP contribution in [-0.4, -0.2) is 94.2 Å². The highest BCUT2D eigenvalue weighted by Crippen LogP contribution is 2.51. The second-order valence-corrected chi connectivity index (χ2v) is 19.7. The zero-order valence-corrected chi connectivity index (χ0v) is 34.3. The molecule has 9 rings (SSSR count). The van der Waals surface area contributed by atoms with Gasteiger partial charge in [0, 0.05) is 30.4 Å². The summed E-state index contributed by atoms with van der Waals surface area (Å²) in [5, 5.41) is 14.5. The van der Waals surface area contributed by atoms with Crippen LogP contribution in [0.2, 0.25) is 0 Å². The van der Waals surface area contributed by atoms with Crippen molar-refractivity contribution in [3.05, 3.63) is 93.2 Å². The molecule has 4 atom stereocenters. The first-order valence-corrected chi connectivity index (χ1v) is 22.0. The molecule has 11 nitrogen and oxygen atoms in total. The van der Waals surface area contributed by atoms with Gasteiger partial charge in [-0.2, -0.15) is 18.3 Å². The molecule has 1 aromatic heterocycles. The van der Waals surface area contributed by atoms with Crippen molar-refractivity contribution in [2.75, 3.05) is 20.2 Å². The predicted molar refractivity (Wildman–Crippen MR) is 212 cm³/mol. The van der Waals surface area contributed by atoms with Gasteiger partial charge in [0.2, 0.25) is 10.0 Å². The number of fused-ring (bicyclic) bond motifs is 8. The number of hydrogen-bond donors (Lipinski definition) is 2. The minimum Gasteiger partial charge on any atom is -0.497 e. The molecule has 0 radical (unpaired) electrons. The number of methoxy groups -OCH3 is 1. The molecule has 0 spiro atoms. The first-order valence-electron chi connectivity index (χ1n) is 20.5. The van der Waals surface area contributed by atoms with Crippen LogP contribution in [0.4, 0.5) is 13.2 Å². The molecule has 4 aliphatic carbocycles. The van der Waals surface area contributed by atoms with Gasteiger partial charge in [0.1, 0.15) is 12.3 Å². The van der Waals surface area contributed by atoms with Crippen LogP contribution < -0.4 is 4.72 Å². The number of amides is 2. The summed E-state index contributed by atoms with van der Waals surface area (Å²) in [6, 6.07) is -0.825. The number of hydrogen-bond acceptors (Lipinski definition) is 8. The Morgan fingerprint density at radius 1 is 1.09 bits per heavy atom. The van der Waals surface area contributed by atoms with E-state index in [0.29, 0.717) is 43.6 Å². The zero-order valence-electron chi connectivity index (χ0n) is 33.4. The summed E-state index contributed by atoms with van der Waals surface area (Å²) in [5.41, 5.74) is 4.50. The summed E-state index contributed by atoms with van der Waals surface area (Å²) in [4.78, 5) is 32.2. The fourth-order valence-corrected chi connectivity index (χ4v) is 10.9. The number of alkyl halides is 3. The van der Waals surface area contributed by atoms with E-state index in [-0.39, 0.29) is 41.3 Å². The molecular formula is C43H52F3N5O6S. The number of ether oxygens (including phenoxy) is 1. The fraction of sp³-hybridized carbons (Fsp3) is 0.558. The van der Waals surface area contributed by atoms with Crippen molar-refractivity contribution in [3.8, 4) is 0 Å². The highest BCUT2D eigenvalue weighted by atomic mass is 32.2. The predicted octanol–water partition coefficient (Wildman–Crippen LogP) is 6.63. The van der Waals surface area contributed by atoms with Gasteiger partial charge in [0.25, 0.3) is 11.8 Å². The molecule has 4 fully saturated rings. The van der Waals surface area contributed by atoms with Crippen LogP contribution in [0.25, 0.3) is 5.57 Å². The lowest BCUT2D eigenvalue weighted by Crippen LogP contribution is -2.46. The Labute approximate surface area is 337 Å². The number of halogens is 3. The van der Waals surface area contributed by atoms with Crippen LogP contribution in [0.5, 0.6) is 0 Å². The van der Waals surface area contributed by atoms with E-state index in [9.17, 15) is 36.3 Å². The van der Waals surface area contributed by atoms with Gasteiger partial charge >= 0.3 is 6.18 Å². The normalized spacial score (nSPS) is 27.6. The van der Waals surface area contributed by atoms with Gasteiger partial charge in [-0.3, -0.25) is 14.3 Å². The summed E-state index contributed by atoms with van der Waals surface area (Å²) in [5.74, 6) is -0.331. The Balaban J connectivity index is 1.28. The molecule has 312 valence electrons. The molecule has 4 aliphatic heterocycles. The molecule has 2 amide bonds. The largest absolute Gasteiger partial charge is 0.497 e. The Morgan fingerprint density at radius 3 is 2.55 bits per heavy atom. The summed E-state index contributed by atoms with van der Waals surface area (Å²) >= 11 is 0. The standard InChI is InChI=1S/C43H52F3N5O6S/c1-25(2)58(55,56)48-40(52)28-11-14-34-36(18-28)50-23-30(16-29-17-32(57-4)13-15-33(29)39(50)37(34)27-8-6-5-7-9-27)38-35(21-47-51(38)24-43(44,45)46)41(53)49-22-26-10-12-31(49)20-42(3,54)19-26/h11,13-14,16-18,21,25-27,31,36,54H,5-10,12,15,19-20,22-24H2,1-4H3,(H,48,52)/t26?,31?,36?,42-/m1/s1. The average Bonchev–Trinajstić information content (AvgIpc) is 3.55. The molecule has 2 N–H and O–H groups in total. The van der Waals surface area contributed by atoms with E-state index in [1.165, 1.54) is 20.0 Å². The number of sulfonamides is 1. The monoisotopic (exact) mass is 823 g/mol. The smallest absolute Gasteiger partial charge is 0.408 e. The molecule has 0 aromatic carbocycles. The van der Waals surface area contributed by atoms with Crippen molar-refractivity contribution >= 4 is 27.4 Å². The average molecular weight is 824 g/mol. The molecule has 15 heteroatoms. The third-order valence-corrected chi connectivity index (χ3v) is 14.6. The lowest BCUT2D eigenvalue weighted by molar-refractivity contribution is -0.142. The summed E-state index contributed by atoms with van der Waals surface area (Å²) in [6.45, 7) is 3.80. The second kappa shape index (κ2) is 15.0. The van der Waals surface area contributed by atoms with E-state index in [1.807, 2.05) is 24.3 Å². The molecule has 3 unspecified atom stereocenters. The SMILES string of the molecule is COC1=CCC2=C3C(C4CCCCC4)=C4C=CC(C(=O)NS(=O)(=O)C(C)C)=CC4N3CC(c3c(C(=O)N4CC5CCC4C[C@](C)(O)C5)cnn3CC(F)(F)F)=CC2=C1. The fourth-order valence-electron chi connectivity index (χ4n) is 10.3. The van der Waals surface area contributed by atoms with Crippen LogP contribution in [0.3, 0.4) is 0 Å². The molecule has 2 saturated heterocycles. The molecule has 2 saturated carbocycles. The number of carbonyl (C=O) groups is 2. The van der Waals surface area contributed by atoms with Gasteiger partial charge < -0.3 is 19.6 Å². The number of allylic oxidation sites excluding steroid dienone is 6. The van der Waals surface area contributed by atoms with E-state index >= 15 is 0 Å². The van der Waals surface area contributed by atoms with Crippen LogP contribution in [-0.2, 0) is 26.1 Å². The summed E-state index contributed by atoms with van der Waals surface area (Å²) in [7, 11) is -2.37. The van der Waals surface area contributed by atoms with Crippen molar-refractivity contribution in [3.63, 3.8) is 0 Å². The molecule has 58 heavy (non-hydrogen) atoms. The molecule has 5 heterocycles. The summed E-state index contributed by atoms with van der Waals surface area (Å²) < 4.78 is 77.5. The zero-order chi connectivity index (χ0) is 41.3. The van der Waals surface area contributed by atoms with Crippen molar-refractivity contribution in [2.24, 2.45) is 11.8 Å². The quantitative estimate of drug-likeness (QED) is 0.299. The Bertz CT molecular complexity index is 2230. The lowest BCUT2D eigenvalue weighted by Gasteiger charge is -2.37. The van der Waals surface area contributed by atoms with E-state index in [4.69, 9.17) is 4.74 Å². The van der Waals surface area contributed by atoms with Crippen LogP contribution >= 0.6 is 0 Å². The van der Waals surface area contributed by atoms with Gasteiger partial charge in [-0.1, -0.05) is 25.3 Å². The lowest BCUT2D eigenvalue weighted by atomic mass is 9.78. The number of rotatable bonds is 8. The van der Waals surface area contributed by atoms with Gasteiger partial charge in [0.05, 0.1) is 41.5 Å². The van der Waals surface area contributed by atoms with Gasteiger partial charge in [-0.05, 0) is 136 Å². The Kier molecular flexibility index (Phi) is 10.5.